The van der Waals surface area contributed by atoms with Gasteiger partial charge in [-0.3, -0.25) is 9.59 Å². The van der Waals surface area contributed by atoms with Crippen molar-refractivity contribution in [1.82, 2.24) is 19.9 Å². The van der Waals surface area contributed by atoms with Crippen molar-refractivity contribution in [1.29, 1.82) is 0 Å². The number of hydrogen-bond acceptors (Lipinski definition) is 6. The molecular weight excluding hydrogens is 278 g/mol. The highest BCUT2D eigenvalue weighted by molar-refractivity contribution is 7.20. The van der Waals surface area contributed by atoms with Gasteiger partial charge in [-0.1, -0.05) is 24.7 Å². The Hall–Kier alpha value is -1.96. The first-order chi connectivity index (χ1) is 9.63. The van der Waals surface area contributed by atoms with Crippen LogP contribution >= 0.6 is 11.3 Å². The smallest absolute Gasteiger partial charge is 0.275 e. The molecule has 2 heterocycles. The third-order valence-electron chi connectivity index (χ3n) is 2.58. The monoisotopic (exact) mass is 295 g/mol. The van der Waals surface area contributed by atoms with E-state index in [-0.39, 0.29) is 18.0 Å². The van der Waals surface area contributed by atoms with E-state index in [2.05, 4.69) is 20.7 Å². The second-order valence-electron chi connectivity index (χ2n) is 4.24. The summed E-state index contributed by atoms with van der Waals surface area (Å²) in [6.07, 6.45) is 1.70. The molecule has 0 aliphatic rings. The number of anilines is 1. The van der Waals surface area contributed by atoms with Crippen molar-refractivity contribution in [2.45, 2.75) is 26.7 Å². The van der Waals surface area contributed by atoms with Gasteiger partial charge in [0, 0.05) is 18.3 Å². The second-order valence-corrected chi connectivity index (χ2v) is 5.20. The third kappa shape index (κ3) is 3.32. The van der Waals surface area contributed by atoms with Gasteiger partial charge in [0.05, 0.1) is 6.54 Å². The van der Waals surface area contributed by atoms with Crippen LogP contribution in [0, 0.1) is 0 Å². The summed E-state index contributed by atoms with van der Waals surface area (Å²) < 4.78 is 1.25. The molecule has 0 radical (unpaired) electrons. The highest BCUT2D eigenvalue weighted by Gasteiger charge is 2.09. The molecule has 0 atom stereocenters. The van der Waals surface area contributed by atoms with Crippen LogP contribution in [-0.4, -0.2) is 33.6 Å². The fourth-order valence-corrected chi connectivity index (χ4v) is 2.55. The van der Waals surface area contributed by atoms with E-state index in [0.717, 1.165) is 18.5 Å². The van der Waals surface area contributed by atoms with Gasteiger partial charge < -0.3 is 10.6 Å². The molecule has 0 saturated carbocycles. The van der Waals surface area contributed by atoms with Crippen molar-refractivity contribution < 1.29 is 4.79 Å². The molecule has 0 saturated heterocycles. The SMILES string of the molecule is CCCc1cc(=O)n2nc(NCC(=O)NCC)sc2n1. The van der Waals surface area contributed by atoms with Crippen LogP contribution in [0.1, 0.15) is 26.0 Å². The van der Waals surface area contributed by atoms with E-state index >= 15 is 0 Å². The molecule has 8 heteroatoms. The van der Waals surface area contributed by atoms with E-state index in [1.807, 2.05) is 13.8 Å². The van der Waals surface area contributed by atoms with Gasteiger partial charge >= 0.3 is 0 Å². The first-order valence-corrected chi connectivity index (χ1v) is 7.36. The normalized spacial score (nSPS) is 10.7. The maximum atomic E-state index is 11.9. The number of nitrogens with zero attached hydrogens (tertiary/aromatic N) is 3. The number of likely N-dealkylation sites (N-methyl/N-ethyl adjacent to an activating group) is 1. The van der Waals surface area contributed by atoms with Crippen molar-refractivity contribution in [2.24, 2.45) is 0 Å². The van der Waals surface area contributed by atoms with E-state index in [4.69, 9.17) is 0 Å². The topological polar surface area (TPSA) is 88.4 Å². The predicted octanol–water partition coefficient (Wildman–Crippen LogP) is 0.651. The van der Waals surface area contributed by atoms with Crippen LogP contribution in [0.25, 0.3) is 4.96 Å². The van der Waals surface area contributed by atoms with Crippen LogP contribution in [0.5, 0.6) is 0 Å². The zero-order valence-electron chi connectivity index (χ0n) is 11.5. The summed E-state index contributed by atoms with van der Waals surface area (Å²) in [5.41, 5.74) is 0.581. The summed E-state index contributed by atoms with van der Waals surface area (Å²) in [5, 5.41) is 10.2. The lowest BCUT2D eigenvalue weighted by Gasteiger charge is -2.01. The summed E-state index contributed by atoms with van der Waals surface area (Å²) in [4.78, 5) is 28.2. The number of carbonyl (C=O) groups is 1. The number of fused-ring (bicyclic) bond motifs is 1. The van der Waals surface area contributed by atoms with E-state index in [9.17, 15) is 9.59 Å². The number of rotatable bonds is 6. The van der Waals surface area contributed by atoms with Crippen LogP contribution in [0.2, 0.25) is 0 Å². The molecule has 0 spiro atoms. The Morgan fingerprint density at radius 2 is 2.25 bits per heavy atom. The van der Waals surface area contributed by atoms with E-state index in [0.29, 0.717) is 16.6 Å². The summed E-state index contributed by atoms with van der Waals surface area (Å²) in [5.74, 6) is -0.112. The van der Waals surface area contributed by atoms with Crippen LogP contribution in [0.3, 0.4) is 0 Å². The van der Waals surface area contributed by atoms with Crippen molar-refractivity contribution in [3.8, 4) is 0 Å². The Balaban J connectivity index is 2.18. The molecule has 0 aromatic carbocycles. The zero-order chi connectivity index (χ0) is 14.5. The summed E-state index contributed by atoms with van der Waals surface area (Å²) in [7, 11) is 0. The summed E-state index contributed by atoms with van der Waals surface area (Å²) in [6, 6.07) is 1.50. The molecule has 0 fully saturated rings. The van der Waals surface area contributed by atoms with E-state index < -0.39 is 0 Å². The third-order valence-corrected chi connectivity index (χ3v) is 3.44. The average Bonchev–Trinajstić information content (AvgIpc) is 2.81. The van der Waals surface area contributed by atoms with Crippen LogP contribution in [0.4, 0.5) is 5.13 Å². The molecule has 2 N–H and O–H groups in total. The largest absolute Gasteiger partial charge is 0.355 e. The Kier molecular flexibility index (Phi) is 4.67. The lowest BCUT2D eigenvalue weighted by atomic mass is 10.2. The quantitative estimate of drug-likeness (QED) is 0.817. The van der Waals surface area contributed by atoms with Gasteiger partial charge in [0.2, 0.25) is 16.0 Å². The summed E-state index contributed by atoms with van der Waals surface area (Å²) in [6.45, 7) is 4.61. The molecule has 2 rings (SSSR count). The highest BCUT2D eigenvalue weighted by Crippen LogP contribution is 2.16. The van der Waals surface area contributed by atoms with Gasteiger partial charge in [-0.25, -0.2) is 4.98 Å². The molecule has 108 valence electrons. The number of amides is 1. The number of aryl methyl sites for hydroxylation is 1. The number of hydrogen-bond donors (Lipinski definition) is 2. The molecule has 0 bridgehead atoms. The van der Waals surface area contributed by atoms with Crippen LogP contribution in [0.15, 0.2) is 10.9 Å². The van der Waals surface area contributed by atoms with Crippen molar-refractivity contribution >= 4 is 27.3 Å². The number of nitrogens with one attached hydrogen (secondary N) is 2. The fourth-order valence-electron chi connectivity index (χ4n) is 1.73. The Bertz CT molecular complexity index is 663. The van der Waals surface area contributed by atoms with Gasteiger partial charge in [0.15, 0.2) is 0 Å². The highest BCUT2D eigenvalue weighted by atomic mass is 32.1. The fraction of sp³-hybridized carbons (Fsp3) is 0.500. The molecule has 0 aliphatic heterocycles. The Labute approximate surface area is 120 Å². The Morgan fingerprint density at radius 1 is 1.45 bits per heavy atom. The predicted molar refractivity (Wildman–Crippen MR) is 78.3 cm³/mol. The maximum absolute atomic E-state index is 11.9. The molecule has 2 aromatic rings. The molecule has 7 nitrogen and oxygen atoms in total. The molecule has 20 heavy (non-hydrogen) atoms. The molecule has 0 unspecified atom stereocenters. The van der Waals surface area contributed by atoms with Crippen molar-refractivity contribution in [3.05, 3.63) is 22.1 Å². The minimum Gasteiger partial charge on any atom is -0.355 e. The van der Waals surface area contributed by atoms with E-state index in [1.54, 1.807) is 0 Å². The molecule has 0 aliphatic carbocycles. The van der Waals surface area contributed by atoms with Crippen LogP contribution in [-0.2, 0) is 11.2 Å². The lowest BCUT2D eigenvalue weighted by Crippen LogP contribution is -2.29. The second kappa shape index (κ2) is 6.47. The summed E-state index contributed by atoms with van der Waals surface area (Å²) >= 11 is 1.26. The molecule has 2 aromatic heterocycles. The van der Waals surface area contributed by atoms with Crippen molar-refractivity contribution in [3.63, 3.8) is 0 Å². The van der Waals surface area contributed by atoms with Gasteiger partial charge in [0.25, 0.3) is 5.56 Å². The van der Waals surface area contributed by atoms with Gasteiger partial charge in [0.1, 0.15) is 0 Å². The van der Waals surface area contributed by atoms with E-state index in [1.165, 1.54) is 21.9 Å². The first-order valence-electron chi connectivity index (χ1n) is 6.54. The van der Waals surface area contributed by atoms with Crippen LogP contribution < -0.4 is 16.2 Å². The molecule has 1 amide bonds. The van der Waals surface area contributed by atoms with Gasteiger partial charge in [-0.15, -0.1) is 5.10 Å². The lowest BCUT2D eigenvalue weighted by molar-refractivity contribution is -0.119. The zero-order valence-corrected chi connectivity index (χ0v) is 12.3. The van der Waals surface area contributed by atoms with Crippen molar-refractivity contribution in [2.75, 3.05) is 18.4 Å². The number of carbonyl (C=O) groups excluding carboxylic acids is 1. The minimum absolute atomic E-state index is 0.112. The number of aromatic nitrogens is 3. The van der Waals surface area contributed by atoms with Gasteiger partial charge in [-0.2, -0.15) is 4.52 Å². The minimum atomic E-state index is -0.194. The molecular formula is C12H17N5O2S. The Morgan fingerprint density at radius 3 is 2.95 bits per heavy atom. The average molecular weight is 295 g/mol. The standard InChI is InChI=1S/C12H17N5O2S/c1-3-5-8-6-10(19)17-12(15-8)20-11(16-17)14-7-9(18)13-4-2/h6H,3-5,7H2,1-2H3,(H,13,18)(H,14,16). The van der Waals surface area contributed by atoms with Gasteiger partial charge in [-0.05, 0) is 13.3 Å². The first kappa shape index (κ1) is 14.4. The maximum Gasteiger partial charge on any atom is 0.275 e.